The molecule has 108 valence electrons. The number of amides is 1. The fourth-order valence-electron chi connectivity index (χ4n) is 2.14. The van der Waals surface area contributed by atoms with Crippen LogP contribution in [0.15, 0.2) is 18.2 Å². The van der Waals surface area contributed by atoms with Gasteiger partial charge in [0, 0.05) is 0 Å². The minimum atomic E-state index is -0.132. The fourth-order valence-corrected chi connectivity index (χ4v) is 3.88. The van der Waals surface area contributed by atoms with Gasteiger partial charge < -0.3 is 0 Å². The number of thiazole rings is 2. The smallest absolute Gasteiger partial charge is 0.269 e. The highest BCUT2D eigenvalue weighted by Gasteiger charge is 2.15. The van der Waals surface area contributed by atoms with Crippen LogP contribution in [0.3, 0.4) is 0 Å². The first-order chi connectivity index (χ1) is 10.1. The van der Waals surface area contributed by atoms with Gasteiger partial charge in [-0.1, -0.05) is 24.3 Å². The van der Waals surface area contributed by atoms with Crippen LogP contribution in [0.25, 0.3) is 10.2 Å². The average molecular weight is 317 g/mol. The van der Waals surface area contributed by atoms with Gasteiger partial charge in [-0.2, -0.15) is 0 Å². The Bertz CT molecular complexity index is 820. The van der Waals surface area contributed by atoms with E-state index in [-0.39, 0.29) is 5.91 Å². The predicted molar refractivity (Wildman–Crippen MR) is 88.5 cm³/mol. The van der Waals surface area contributed by atoms with Gasteiger partial charge in [-0.3, -0.25) is 10.1 Å². The van der Waals surface area contributed by atoms with Crippen molar-refractivity contribution in [2.45, 2.75) is 27.2 Å². The number of anilines is 1. The van der Waals surface area contributed by atoms with Gasteiger partial charge in [-0.25, -0.2) is 9.97 Å². The van der Waals surface area contributed by atoms with Crippen LogP contribution < -0.4 is 5.32 Å². The lowest BCUT2D eigenvalue weighted by Crippen LogP contribution is -2.11. The van der Waals surface area contributed by atoms with Crippen LogP contribution >= 0.6 is 22.7 Å². The van der Waals surface area contributed by atoms with Gasteiger partial charge in [0.1, 0.15) is 4.88 Å². The monoisotopic (exact) mass is 317 g/mol. The van der Waals surface area contributed by atoms with Gasteiger partial charge in [0.2, 0.25) is 0 Å². The molecule has 0 spiro atoms. The second-order valence-corrected chi connectivity index (χ2v) is 7.01. The lowest BCUT2D eigenvalue weighted by atomic mass is 10.2. The third kappa shape index (κ3) is 2.82. The number of hydrogen-bond acceptors (Lipinski definition) is 5. The summed E-state index contributed by atoms with van der Waals surface area (Å²) in [4.78, 5) is 21.7. The van der Waals surface area contributed by atoms with Crippen LogP contribution in [0, 0.1) is 13.8 Å². The first kappa shape index (κ1) is 14.2. The van der Waals surface area contributed by atoms with E-state index in [9.17, 15) is 4.79 Å². The van der Waals surface area contributed by atoms with Crippen LogP contribution in [-0.4, -0.2) is 15.9 Å². The maximum atomic E-state index is 12.3. The molecule has 1 amide bonds. The molecular formula is C15H15N3OS2. The number of aryl methyl sites for hydroxylation is 3. The predicted octanol–water partition coefficient (Wildman–Crippen LogP) is 4.18. The molecule has 0 atom stereocenters. The van der Waals surface area contributed by atoms with Crippen molar-refractivity contribution in [3.63, 3.8) is 0 Å². The van der Waals surface area contributed by atoms with Crippen molar-refractivity contribution in [1.29, 1.82) is 0 Å². The van der Waals surface area contributed by atoms with Gasteiger partial charge in [-0.15, -0.1) is 11.3 Å². The molecule has 6 heteroatoms. The Balaban J connectivity index is 1.87. The summed E-state index contributed by atoms with van der Waals surface area (Å²) in [7, 11) is 0. The van der Waals surface area contributed by atoms with Crippen molar-refractivity contribution in [2.75, 3.05) is 5.32 Å². The average Bonchev–Trinajstić information content (AvgIpc) is 2.99. The molecule has 0 bridgehead atoms. The van der Waals surface area contributed by atoms with Crippen molar-refractivity contribution < 1.29 is 4.79 Å². The summed E-state index contributed by atoms with van der Waals surface area (Å²) in [6.45, 7) is 5.88. The lowest BCUT2D eigenvalue weighted by molar-refractivity contribution is 0.103. The number of benzene rings is 1. The molecule has 0 aliphatic heterocycles. The summed E-state index contributed by atoms with van der Waals surface area (Å²) in [5.74, 6) is -0.132. The highest BCUT2D eigenvalue weighted by Crippen LogP contribution is 2.28. The Hall–Kier alpha value is -1.79. The van der Waals surface area contributed by atoms with Crippen LogP contribution in [0.2, 0.25) is 0 Å². The van der Waals surface area contributed by atoms with Crippen molar-refractivity contribution in [3.8, 4) is 0 Å². The number of hydrogen-bond donors (Lipinski definition) is 1. The highest BCUT2D eigenvalue weighted by atomic mass is 32.1. The molecular weight excluding hydrogens is 302 g/mol. The fraction of sp³-hybridized carbons (Fsp3) is 0.267. The van der Waals surface area contributed by atoms with E-state index in [2.05, 4.69) is 34.3 Å². The van der Waals surface area contributed by atoms with Crippen LogP contribution in [0.1, 0.15) is 32.9 Å². The Morgan fingerprint density at radius 1 is 1.24 bits per heavy atom. The summed E-state index contributed by atoms with van der Waals surface area (Å²) in [5, 5.41) is 4.41. The summed E-state index contributed by atoms with van der Waals surface area (Å²) in [6.07, 6.45) is 0.995. The van der Waals surface area contributed by atoms with E-state index in [1.165, 1.54) is 28.2 Å². The zero-order valence-corrected chi connectivity index (χ0v) is 13.7. The van der Waals surface area contributed by atoms with Crippen molar-refractivity contribution in [2.24, 2.45) is 0 Å². The second kappa shape index (κ2) is 5.54. The molecule has 3 aromatic rings. The van der Waals surface area contributed by atoms with Gasteiger partial charge in [-0.05, 0) is 38.0 Å². The number of nitrogens with one attached hydrogen (secondary N) is 1. The van der Waals surface area contributed by atoms with Gasteiger partial charge in [0.05, 0.1) is 20.9 Å². The number of nitrogens with zero attached hydrogens (tertiary/aromatic N) is 2. The van der Waals surface area contributed by atoms with Gasteiger partial charge >= 0.3 is 0 Å². The minimum Gasteiger partial charge on any atom is -0.297 e. The van der Waals surface area contributed by atoms with Crippen LogP contribution in [-0.2, 0) is 6.42 Å². The number of aromatic nitrogens is 2. The van der Waals surface area contributed by atoms with Gasteiger partial charge in [0.25, 0.3) is 5.91 Å². The highest BCUT2D eigenvalue weighted by molar-refractivity contribution is 7.22. The zero-order valence-electron chi connectivity index (χ0n) is 12.1. The molecule has 0 aliphatic rings. The maximum absolute atomic E-state index is 12.3. The zero-order chi connectivity index (χ0) is 15.0. The topological polar surface area (TPSA) is 54.9 Å². The molecule has 21 heavy (non-hydrogen) atoms. The van der Waals surface area contributed by atoms with Gasteiger partial charge in [0.15, 0.2) is 5.13 Å². The first-order valence-corrected chi connectivity index (χ1v) is 8.35. The van der Waals surface area contributed by atoms with Crippen LogP contribution in [0.5, 0.6) is 0 Å². The normalized spacial score (nSPS) is 11.0. The van der Waals surface area contributed by atoms with E-state index in [0.29, 0.717) is 10.0 Å². The first-order valence-electron chi connectivity index (χ1n) is 6.71. The molecule has 4 nitrogen and oxygen atoms in total. The van der Waals surface area contributed by atoms with Crippen LogP contribution in [0.4, 0.5) is 5.13 Å². The SMILES string of the molecule is CCc1ccc2nc(NC(=O)c3sc(C)nc3C)sc2c1. The summed E-state index contributed by atoms with van der Waals surface area (Å²) in [6, 6.07) is 6.21. The van der Waals surface area contributed by atoms with Crippen molar-refractivity contribution >= 4 is 43.9 Å². The van der Waals surface area contributed by atoms with E-state index < -0.39 is 0 Å². The molecule has 0 saturated heterocycles. The standard InChI is InChI=1S/C15H15N3OS2/c1-4-10-5-6-11-12(7-10)21-15(17-11)18-14(19)13-8(2)16-9(3)20-13/h5-7H,4H2,1-3H3,(H,17,18,19). The molecule has 0 unspecified atom stereocenters. The molecule has 0 fully saturated rings. The van der Waals surface area contributed by atoms with Crippen molar-refractivity contribution in [3.05, 3.63) is 39.3 Å². The van der Waals surface area contributed by atoms with Crippen molar-refractivity contribution in [1.82, 2.24) is 9.97 Å². The maximum Gasteiger partial charge on any atom is 0.269 e. The Kier molecular flexibility index (Phi) is 3.73. The molecule has 1 aromatic carbocycles. The molecule has 2 heterocycles. The lowest BCUT2D eigenvalue weighted by Gasteiger charge is -1.98. The molecule has 0 aliphatic carbocycles. The molecule has 3 rings (SSSR count). The molecule has 0 radical (unpaired) electrons. The Morgan fingerprint density at radius 3 is 2.71 bits per heavy atom. The summed E-state index contributed by atoms with van der Waals surface area (Å²) >= 11 is 2.91. The Morgan fingerprint density at radius 2 is 2.05 bits per heavy atom. The van der Waals surface area contributed by atoms with E-state index >= 15 is 0 Å². The minimum absolute atomic E-state index is 0.132. The number of fused-ring (bicyclic) bond motifs is 1. The third-order valence-electron chi connectivity index (χ3n) is 3.19. The van der Waals surface area contributed by atoms with E-state index in [1.54, 1.807) is 0 Å². The number of carbonyl (C=O) groups excluding carboxylic acids is 1. The molecule has 2 aromatic heterocycles. The summed E-state index contributed by atoms with van der Waals surface area (Å²) in [5.41, 5.74) is 2.96. The second-order valence-electron chi connectivity index (χ2n) is 4.78. The quantitative estimate of drug-likeness (QED) is 0.788. The molecule has 1 N–H and O–H groups in total. The number of carbonyl (C=O) groups is 1. The number of rotatable bonds is 3. The molecule has 0 saturated carbocycles. The largest absolute Gasteiger partial charge is 0.297 e. The van der Waals surface area contributed by atoms with E-state index in [4.69, 9.17) is 0 Å². The third-order valence-corrected chi connectivity index (χ3v) is 5.20. The Labute approximate surface area is 130 Å². The summed E-state index contributed by atoms with van der Waals surface area (Å²) < 4.78 is 1.10. The van der Waals surface area contributed by atoms with E-state index in [1.807, 2.05) is 19.9 Å². The van der Waals surface area contributed by atoms with E-state index in [0.717, 1.165) is 27.3 Å².